The van der Waals surface area contributed by atoms with E-state index in [9.17, 15) is 4.39 Å². The first-order valence-corrected chi connectivity index (χ1v) is 7.30. The standard InChI is InChI=1S/C16H23ClFN/c1-11-7-15(2,3)10-16(19,8-11)9-12-6-13(17)4-5-14(12)18/h4-6,11H,7-10,19H2,1-3H3. The van der Waals surface area contributed by atoms with Gasteiger partial charge in [0.2, 0.25) is 0 Å². The summed E-state index contributed by atoms with van der Waals surface area (Å²) in [6.07, 6.45) is 3.62. The molecule has 1 aromatic rings. The first kappa shape index (κ1) is 14.8. The number of hydrogen-bond acceptors (Lipinski definition) is 1. The smallest absolute Gasteiger partial charge is 0.126 e. The minimum absolute atomic E-state index is 0.203. The third-order valence-electron chi connectivity index (χ3n) is 4.04. The van der Waals surface area contributed by atoms with Crippen LogP contribution < -0.4 is 5.73 Å². The molecule has 0 aromatic heterocycles. The SMILES string of the molecule is CC1CC(C)(C)CC(N)(Cc2cc(Cl)ccc2F)C1. The van der Waals surface area contributed by atoms with Gasteiger partial charge >= 0.3 is 0 Å². The summed E-state index contributed by atoms with van der Waals surface area (Å²) < 4.78 is 13.9. The molecule has 0 spiro atoms. The van der Waals surface area contributed by atoms with E-state index in [1.54, 1.807) is 12.1 Å². The van der Waals surface area contributed by atoms with Crippen LogP contribution in [0.2, 0.25) is 5.02 Å². The molecule has 2 N–H and O–H groups in total. The highest BCUT2D eigenvalue weighted by molar-refractivity contribution is 6.30. The minimum atomic E-state index is -0.327. The summed E-state index contributed by atoms with van der Waals surface area (Å²) in [7, 11) is 0. The zero-order valence-corrected chi connectivity index (χ0v) is 12.7. The van der Waals surface area contributed by atoms with E-state index < -0.39 is 0 Å². The fraction of sp³-hybridized carbons (Fsp3) is 0.625. The van der Waals surface area contributed by atoms with Gasteiger partial charge in [-0.1, -0.05) is 32.4 Å². The van der Waals surface area contributed by atoms with Crippen LogP contribution in [0.4, 0.5) is 4.39 Å². The molecule has 1 aliphatic rings. The fourth-order valence-electron chi connectivity index (χ4n) is 4.00. The molecule has 0 radical (unpaired) electrons. The van der Waals surface area contributed by atoms with Crippen LogP contribution in [-0.2, 0) is 6.42 Å². The molecule has 3 heteroatoms. The molecule has 0 bridgehead atoms. The summed E-state index contributed by atoms with van der Waals surface area (Å²) in [6, 6.07) is 4.72. The minimum Gasteiger partial charge on any atom is -0.325 e. The van der Waals surface area contributed by atoms with Gasteiger partial charge in [0, 0.05) is 10.6 Å². The van der Waals surface area contributed by atoms with Gasteiger partial charge < -0.3 is 5.73 Å². The average molecular weight is 284 g/mol. The van der Waals surface area contributed by atoms with Crippen molar-refractivity contribution in [2.75, 3.05) is 0 Å². The van der Waals surface area contributed by atoms with Crippen LogP contribution in [0.15, 0.2) is 18.2 Å². The van der Waals surface area contributed by atoms with Gasteiger partial charge in [0.05, 0.1) is 0 Å². The van der Waals surface area contributed by atoms with Crippen LogP contribution in [0.3, 0.4) is 0 Å². The predicted molar refractivity (Wildman–Crippen MR) is 78.8 cm³/mol. The fourth-order valence-corrected chi connectivity index (χ4v) is 4.19. The van der Waals surface area contributed by atoms with E-state index in [4.69, 9.17) is 17.3 Å². The second kappa shape index (κ2) is 5.06. The molecule has 1 fully saturated rings. The Morgan fingerprint density at radius 2 is 2.05 bits per heavy atom. The lowest BCUT2D eigenvalue weighted by molar-refractivity contribution is 0.107. The van der Waals surface area contributed by atoms with E-state index in [0.717, 1.165) is 12.8 Å². The molecule has 1 saturated carbocycles. The molecule has 106 valence electrons. The Hall–Kier alpha value is -0.600. The molecule has 2 unspecified atom stereocenters. The molecule has 1 aliphatic carbocycles. The van der Waals surface area contributed by atoms with Gasteiger partial charge in [-0.3, -0.25) is 0 Å². The second-order valence-corrected chi connectivity index (χ2v) is 7.57. The molecule has 2 rings (SSSR count). The third kappa shape index (κ3) is 3.70. The number of rotatable bonds is 2. The van der Waals surface area contributed by atoms with Crippen LogP contribution in [0.5, 0.6) is 0 Å². The average Bonchev–Trinajstić information content (AvgIpc) is 2.19. The summed E-state index contributed by atoms with van der Waals surface area (Å²) in [4.78, 5) is 0. The van der Waals surface area contributed by atoms with Crippen molar-refractivity contribution in [3.63, 3.8) is 0 Å². The molecule has 19 heavy (non-hydrogen) atoms. The Balaban J connectivity index is 2.23. The maximum Gasteiger partial charge on any atom is 0.126 e. The molecule has 0 aliphatic heterocycles. The Bertz CT molecular complexity index is 472. The van der Waals surface area contributed by atoms with E-state index in [1.807, 2.05) is 0 Å². The molecule has 0 heterocycles. The second-order valence-electron chi connectivity index (χ2n) is 7.13. The van der Waals surface area contributed by atoms with Crippen molar-refractivity contribution in [3.05, 3.63) is 34.6 Å². The Morgan fingerprint density at radius 1 is 1.37 bits per heavy atom. The van der Waals surface area contributed by atoms with Gasteiger partial charge in [-0.25, -0.2) is 4.39 Å². The van der Waals surface area contributed by atoms with Gasteiger partial charge in [0.15, 0.2) is 0 Å². The maximum atomic E-state index is 13.9. The van der Waals surface area contributed by atoms with Crippen molar-refractivity contribution >= 4 is 11.6 Å². The van der Waals surface area contributed by atoms with Crippen molar-refractivity contribution in [2.24, 2.45) is 17.1 Å². The van der Waals surface area contributed by atoms with Crippen molar-refractivity contribution in [1.82, 2.24) is 0 Å². The lowest BCUT2D eigenvalue weighted by Crippen LogP contribution is -2.50. The highest BCUT2D eigenvalue weighted by atomic mass is 35.5. The Labute approximate surface area is 120 Å². The number of nitrogens with two attached hydrogens (primary N) is 1. The van der Waals surface area contributed by atoms with Gasteiger partial charge in [0.1, 0.15) is 5.82 Å². The normalized spacial score (nSPS) is 30.3. The van der Waals surface area contributed by atoms with Crippen LogP contribution in [-0.4, -0.2) is 5.54 Å². The van der Waals surface area contributed by atoms with E-state index in [2.05, 4.69) is 20.8 Å². The van der Waals surface area contributed by atoms with Crippen LogP contribution >= 0.6 is 11.6 Å². The Morgan fingerprint density at radius 3 is 2.68 bits per heavy atom. The summed E-state index contributed by atoms with van der Waals surface area (Å²) >= 11 is 5.96. The first-order valence-electron chi connectivity index (χ1n) is 6.92. The highest BCUT2D eigenvalue weighted by Crippen LogP contribution is 2.44. The summed E-state index contributed by atoms with van der Waals surface area (Å²) in [5.74, 6) is 0.376. The summed E-state index contributed by atoms with van der Waals surface area (Å²) in [5.41, 5.74) is 7.10. The van der Waals surface area contributed by atoms with Crippen molar-refractivity contribution in [3.8, 4) is 0 Å². The van der Waals surface area contributed by atoms with E-state index >= 15 is 0 Å². The molecule has 1 nitrogen and oxygen atoms in total. The lowest BCUT2D eigenvalue weighted by atomic mass is 9.63. The van der Waals surface area contributed by atoms with Gasteiger partial charge in [-0.05, 0) is 60.8 Å². The summed E-state index contributed by atoms with van der Waals surface area (Å²) in [6.45, 7) is 6.73. The van der Waals surface area contributed by atoms with Crippen LogP contribution in [0, 0.1) is 17.2 Å². The van der Waals surface area contributed by atoms with Gasteiger partial charge in [-0.2, -0.15) is 0 Å². The van der Waals surface area contributed by atoms with E-state index in [0.29, 0.717) is 22.9 Å². The third-order valence-corrected chi connectivity index (χ3v) is 4.27. The van der Waals surface area contributed by atoms with Crippen molar-refractivity contribution in [1.29, 1.82) is 0 Å². The first-order chi connectivity index (χ1) is 8.69. The van der Waals surface area contributed by atoms with E-state index in [1.165, 1.54) is 12.5 Å². The zero-order chi connectivity index (χ0) is 14.3. The van der Waals surface area contributed by atoms with E-state index in [-0.39, 0.29) is 16.8 Å². The molecule has 2 atom stereocenters. The molecular weight excluding hydrogens is 261 g/mol. The van der Waals surface area contributed by atoms with Gasteiger partial charge in [0.25, 0.3) is 0 Å². The molecule has 1 aromatic carbocycles. The van der Waals surface area contributed by atoms with Crippen molar-refractivity contribution in [2.45, 2.75) is 52.0 Å². The van der Waals surface area contributed by atoms with Crippen LogP contribution in [0.25, 0.3) is 0 Å². The monoisotopic (exact) mass is 283 g/mol. The Kier molecular flexibility index (Phi) is 3.95. The number of hydrogen-bond donors (Lipinski definition) is 1. The van der Waals surface area contributed by atoms with Crippen LogP contribution in [0.1, 0.15) is 45.6 Å². The van der Waals surface area contributed by atoms with Crippen molar-refractivity contribution < 1.29 is 4.39 Å². The maximum absolute atomic E-state index is 13.9. The molecule has 0 saturated heterocycles. The number of benzene rings is 1. The quantitative estimate of drug-likeness (QED) is 0.846. The van der Waals surface area contributed by atoms with Gasteiger partial charge in [-0.15, -0.1) is 0 Å². The molecular formula is C16H23ClFN. The largest absolute Gasteiger partial charge is 0.325 e. The molecule has 0 amide bonds. The lowest BCUT2D eigenvalue weighted by Gasteiger charge is -2.46. The number of halogens is 2. The summed E-state index contributed by atoms with van der Waals surface area (Å²) in [5, 5.41) is 0.572. The highest BCUT2D eigenvalue weighted by Gasteiger charge is 2.40. The predicted octanol–water partition coefficient (Wildman–Crippen LogP) is 4.57. The zero-order valence-electron chi connectivity index (χ0n) is 12.0. The topological polar surface area (TPSA) is 26.0 Å².